The molecule has 2 fully saturated rings. The van der Waals surface area contributed by atoms with Crippen molar-refractivity contribution in [3.05, 3.63) is 107 Å². The molecule has 3 aromatic carbocycles. The Morgan fingerprint density at radius 2 is 1.62 bits per heavy atom. The summed E-state index contributed by atoms with van der Waals surface area (Å²) in [7, 11) is 3.02. The first-order chi connectivity index (χ1) is 26.5. The number of pyridine rings is 1. The second-order valence-corrected chi connectivity index (χ2v) is 13.6. The van der Waals surface area contributed by atoms with Crippen LogP contribution >= 0.6 is 0 Å². The number of aromatic nitrogens is 1. The summed E-state index contributed by atoms with van der Waals surface area (Å²) in [6.07, 6.45) is 0.230. The molecular weight excluding hydrogens is 713 g/mol. The Morgan fingerprint density at radius 1 is 0.873 bits per heavy atom. The lowest BCUT2D eigenvalue weighted by molar-refractivity contribution is -0.137. The third kappa shape index (κ3) is 9.99. The maximum atomic E-state index is 13.8. The van der Waals surface area contributed by atoms with E-state index < -0.39 is 23.6 Å². The fraction of sp³-hybridized carbons (Fsp3) is 0.366. The van der Waals surface area contributed by atoms with Crippen molar-refractivity contribution in [2.45, 2.75) is 32.0 Å². The molecule has 0 aliphatic carbocycles. The van der Waals surface area contributed by atoms with Gasteiger partial charge < -0.3 is 29.9 Å². The maximum absolute atomic E-state index is 13.8. The normalized spacial score (nSPS) is 15.0. The molecular formula is C41H45F3N6O5. The minimum absolute atomic E-state index is 0.00570. The number of anilines is 2. The first-order valence-corrected chi connectivity index (χ1v) is 18.3. The van der Waals surface area contributed by atoms with Crippen LogP contribution in [0.3, 0.4) is 0 Å². The summed E-state index contributed by atoms with van der Waals surface area (Å²) in [5.74, 6) is -1.08. The van der Waals surface area contributed by atoms with Crippen molar-refractivity contribution in [2.75, 3.05) is 76.9 Å². The minimum Gasteiger partial charge on any atom is -0.496 e. The first kappa shape index (κ1) is 39.2. The van der Waals surface area contributed by atoms with Gasteiger partial charge in [0.1, 0.15) is 5.75 Å². The van der Waals surface area contributed by atoms with Crippen LogP contribution in [-0.4, -0.2) is 99.1 Å². The molecule has 1 aromatic heterocycles. The Labute approximate surface area is 318 Å². The molecule has 0 radical (unpaired) electrons. The third-order valence-corrected chi connectivity index (χ3v) is 9.90. The van der Waals surface area contributed by atoms with Crippen LogP contribution in [0.25, 0.3) is 11.3 Å². The molecule has 2 saturated heterocycles. The van der Waals surface area contributed by atoms with E-state index in [0.29, 0.717) is 53.4 Å². The summed E-state index contributed by atoms with van der Waals surface area (Å²) in [5, 5.41) is 5.77. The van der Waals surface area contributed by atoms with Gasteiger partial charge >= 0.3 is 6.18 Å². The number of likely N-dealkylation sites (N-methyl/N-ethyl adjacent to an activating group) is 1. The van der Waals surface area contributed by atoms with E-state index in [-0.39, 0.29) is 23.8 Å². The Bertz CT molecular complexity index is 2000. The van der Waals surface area contributed by atoms with E-state index >= 15 is 0 Å². The second kappa shape index (κ2) is 17.8. The SMILES string of the molecule is COc1cc(C(F)(F)F)ccc1CNC(=O)c1ccnc(-c2cc(N3CCCCC3)ccc2NC(=O)c2cccc(C(=O)N(C)CCN3CCOCC3)c2)c1. The molecule has 2 aliphatic rings. The van der Waals surface area contributed by atoms with E-state index in [9.17, 15) is 27.6 Å². The third-order valence-electron chi connectivity index (χ3n) is 9.90. The summed E-state index contributed by atoms with van der Waals surface area (Å²) >= 11 is 0. The summed E-state index contributed by atoms with van der Waals surface area (Å²) in [5.41, 5.74) is 2.92. The highest BCUT2D eigenvalue weighted by Gasteiger charge is 2.31. The lowest BCUT2D eigenvalue weighted by Crippen LogP contribution is -2.41. The Balaban J connectivity index is 1.21. The number of halogens is 3. The Morgan fingerprint density at radius 3 is 2.36 bits per heavy atom. The molecule has 11 nitrogen and oxygen atoms in total. The molecule has 0 bridgehead atoms. The number of carbonyl (C=O) groups excluding carboxylic acids is 3. The number of morpholine rings is 1. The van der Waals surface area contributed by atoms with Gasteiger partial charge in [-0.1, -0.05) is 12.1 Å². The standard InChI is InChI=1S/C41H45F3N6O5/c1-48(17-18-49-19-21-55-22-20-49)40(53)30-8-6-7-28(23-30)39(52)47-35-12-11-33(50-15-4-3-5-16-50)26-34(35)36-24-29(13-14-45-36)38(51)46-27-31-9-10-32(41(42,43)44)25-37(31)54-2/h6-14,23-26H,3-5,15-22,27H2,1-2H3,(H,46,51)(H,47,52). The van der Waals surface area contributed by atoms with Gasteiger partial charge in [0, 0.05) is 92.6 Å². The zero-order valence-corrected chi connectivity index (χ0v) is 31.0. The number of benzene rings is 3. The van der Waals surface area contributed by atoms with Gasteiger partial charge in [-0.25, -0.2) is 0 Å². The van der Waals surface area contributed by atoms with Gasteiger partial charge in [-0.3, -0.25) is 24.3 Å². The van der Waals surface area contributed by atoms with Crippen molar-refractivity contribution in [1.82, 2.24) is 20.1 Å². The highest BCUT2D eigenvalue weighted by Crippen LogP contribution is 2.35. The quantitative estimate of drug-likeness (QED) is 0.172. The lowest BCUT2D eigenvalue weighted by atomic mass is 10.0. The van der Waals surface area contributed by atoms with Crippen molar-refractivity contribution in [2.24, 2.45) is 0 Å². The number of ether oxygens (including phenoxy) is 2. The smallest absolute Gasteiger partial charge is 0.416 e. The van der Waals surface area contributed by atoms with Crippen molar-refractivity contribution in [3.63, 3.8) is 0 Å². The minimum atomic E-state index is -4.53. The van der Waals surface area contributed by atoms with Crippen LogP contribution in [0.4, 0.5) is 24.5 Å². The molecule has 0 atom stereocenters. The van der Waals surface area contributed by atoms with Crippen LogP contribution in [-0.2, 0) is 17.5 Å². The molecule has 2 aliphatic heterocycles. The average molecular weight is 759 g/mol. The molecule has 55 heavy (non-hydrogen) atoms. The van der Waals surface area contributed by atoms with Crippen molar-refractivity contribution < 1.29 is 37.0 Å². The molecule has 6 rings (SSSR count). The van der Waals surface area contributed by atoms with Gasteiger partial charge in [-0.2, -0.15) is 13.2 Å². The predicted molar refractivity (Wildman–Crippen MR) is 204 cm³/mol. The number of nitrogens with zero attached hydrogens (tertiary/aromatic N) is 4. The number of piperidine rings is 1. The van der Waals surface area contributed by atoms with Crippen LogP contribution in [0, 0.1) is 0 Å². The first-order valence-electron chi connectivity index (χ1n) is 18.3. The van der Waals surface area contributed by atoms with Gasteiger partial charge in [0.15, 0.2) is 0 Å². The van der Waals surface area contributed by atoms with Crippen molar-refractivity contribution in [3.8, 4) is 17.0 Å². The monoisotopic (exact) mass is 758 g/mol. The molecule has 4 aromatic rings. The van der Waals surface area contributed by atoms with Crippen LogP contribution < -0.4 is 20.3 Å². The highest BCUT2D eigenvalue weighted by molar-refractivity contribution is 6.08. The molecule has 290 valence electrons. The van der Waals surface area contributed by atoms with E-state index in [4.69, 9.17) is 9.47 Å². The van der Waals surface area contributed by atoms with E-state index in [1.165, 1.54) is 25.4 Å². The summed E-state index contributed by atoms with van der Waals surface area (Å²) < 4.78 is 50.3. The second-order valence-electron chi connectivity index (χ2n) is 13.6. The molecule has 0 saturated carbocycles. The molecule has 3 amide bonds. The molecule has 14 heteroatoms. The number of carbonyl (C=O) groups is 3. The predicted octanol–water partition coefficient (Wildman–Crippen LogP) is 6.35. The number of hydrogen-bond donors (Lipinski definition) is 2. The molecule has 3 heterocycles. The van der Waals surface area contributed by atoms with Gasteiger partial charge in [0.25, 0.3) is 17.7 Å². The van der Waals surface area contributed by atoms with E-state index in [0.717, 1.165) is 69.8 Å². The van der Waals surface area contributed by atoms with Crippen LogP contribution in [0.5, 0.6) is 5.75 Å². The van der Waals surface area contributed by atoms with Gasteiger partial charge in [0.05, 0.1) is 37.3 Å². The van der Waals surface area contributed by atoms with E-state index in [1.807, 2.05) is 18.2 Å². The van der Waals surface area contributed by atoms with E-state index in [1.54, 1.807) is 42.3 Å². The number of amides is 3. The zero-order valence-electron chi connectivity index (χ0n) is 31.0. The Hall–Kier alpha value is -5.47. The van der Waals surface area contributed by atoms with Gasteiger partial charge in [0.2, 0.25) is 0 Å². The molecule has 2 N–H and O–H groups in total. The highest BCUT2D eigenvalue weighted by atomic mass is 19.4. The molecule has 0 spiro atoms. The van der Waals surface area contributed by atoms with Crippen LogP contribution in [0.2, 0.25) is 0 Å². The Kier molecular flexibility index (Phi) is 12.7. The zero-order chi connectivity index (χ0) is 39.0. The largest absolute Gasteiger partial charge is 0.496 e. The lowest BCUT2D eigenvalue weighted by Gasteiger charge is -2.29. The summed E-state index contributed by atoms with van der Waals surface area (Å²) in [6.45, 7) is 5.97. The molecule has 0 unspecified atom stereocenters. The number of nitrogens with one attached hydrogen (secondary N) is 2. The summed E-state index contributed by atoms with van der Waals surface area (Å²) in [4.78, 5) is 51.2. The maximum Gasteiger partial charge on any atom is 0.416 e. The van der Waals surface area contributed by atoms with Crippen molar-refractivity contribution >= 4 is 29.1 Å². The van der Waals surface area contributed by atoms with Crippen LogP contribution in [0.15, 0.2) is 79.0 Å². The summed E-state index contributed by atoms with van der Waals surface area (Å²) in [6, 6.07) is 18.6. The van der Waals surface area contributed by atoms with Crippen molar-refractivity contribution in [1.29, 1.82) is 0 Å². The number of rotatable bonds is 12. The van der Waals surface area contributed by atoms with Crippen LogP contribution in [0.1, 0.15) is 61.5 Å². The number of methoxy groups -OCH3 is 1. The fourth-order valence-corrected chi connectivity index (χ4v) is 6.69. The fourth-order valence-electron chi connectivity index (χ4n) is 6.69. The average Bonchev–Trinajstić information content (AvgIpc) is 3.22. The van der Waals surface area contributed by atoms with Gasteiger partial charge in [-0.15, -0.1) is 0 Å². The topological polar surface area (TPSA) is 116 Å². The number of alkyl halides is 3. The van der Waals surface area contributed by atoms with E-state index in [2.05, 4.69) is 25.4 Å². The van der Waals surface area contributed by atoms with Gasteiger partial charge in [-0.05, 0) is 79.9 Å². The number of hydrogen-bond acceptors (Lipinski definition) is 8.